The first-order chi connectivity index (χ1) is 7.65. The first-order valence-electron chi connectivity index (χ1n) is 5.67. The SMILES string of the molecule is CCCCC1OC(CO)C(O)C(O)C1NO. The van der Waals surface area contributed by atoms with Crippen molar-refractivity contribution in [3.63, 3.8) is 0 Å². The van der Waals surface area contributed by atoms with Gasteiger partial charge in [-0.2, -0.15) is 5.48 Å². The Hall–Kier alpha value is -0.240. The number of rotatable bonds is 5. The molecule has 1 saturated heterocycles. The normalized spacial score (nSPS) is 39.9. The molecule has 1 aliphatic heterocycles. The minimum atomic E-state index is -1.19. The summed E-state index contributed by atoms with van der Waals surface area (Å²) >= 11 is 0. The van der Waals surface area contributed by atoms with Gasteiger partial charge < -0.3 is 25.3 Å². The Morgan fingerprint density at radius 1 is 1.19 bits per heavy atom. The smallest absolute Gasteiger partial charge is 0.110 e. The highest BCUT2D eigenvalue weighted by Crippen LogP contribution is 2.24. The van der Waals surface area contributed by atoms with Crippen LogP contribution in [0.1, 0.15) is 26.2 Å². The maximum atomic E-state index is 9.75. The van der Waals surface area contributed by atoms with Gasteiger partial charge in [0.2, 0.25) is 0 Å². The lowest BCUT2D eigenvalue weighted by molar-refractivity contribution is -0.209. The first-order valence-corrected chi connectivity index (χ1v) is 5.67. The van der Waals surface area contributed by atoms with E-state index >= 15 is 0 Å². The molecule has 0 spiro atoms. The van der Waals surface area contributed by atoms with Crippen LogP contribution in [-0.2, 0) is 4.74 Å². The van der Waals surface area contributed by atoms with Gasteiger partial charge in [-0.15, -0.1) is 0 Å². The Morgan fingerprint density at radius 3 is 2.38 bits per heavy atom. The van der Waals surface area contributed by atoms with Gasteiger partial charge in [-0.05, 0) is 6.42 Å². The molecule has 16 heavy (non-hydrogen) atoms. The monoisotopic (exact) mass is 235 g/mol. The number of unbranched alkanes of at least 4 members (excludes halogenated alkanes) is 1. The van der Waals surface area contributed by atoms with Crippen LogP contribution < -0.4 is 5.48 Å². The van der Waals surface area contributed by atoms with Crippen LogP contribution >= 0.6 is 0 Å². The van der Waals surface area contributed by atoms with E-state index in [-0.39, 0.29) is 6.61 Å². The Balaban J connectivity index is 2.65. The van der Waals surface area contributed by atoms with Crippen LogP contribution in [0.25, 0.3) is 0 Å². The summed E-state index contributed by atoms with van der Waals surface area (Å²) < 4.78 is 5.44. The minimum absolute atomic E-state index is 0.348. The lowest BCUT2D eigenvalue weighted by Gasteiger charge is -2.41. The molecule has 96 valence electrons. The molecule has 1 fully saturated rings. The van der Waals surface area contributed by atoms with Crippen molar-refractivity contribution in [2.45, 2.75) is 56.6 Å². The Bertz CT molecular complexity index is 204. The number of nitrogens with one attached hydrogen (secondary N) is 1. The number of hydroxylamine groups is 1. The molecule has 0 radical (unpaired) electrons. The van der Waals surface area contributed by atoms with Crippen molar-refractivity contribution in [2.24, 2.45) is 0 Å². The second-order valence-corrected chi connectivity index (χ2v) is 4.17. The molecule has 6 heteroatoms. The average Bonchev–Trinajstić information content (AvgIpc) is 2.30. The number of aliphatic hydroxyl groups is 3. The minimum Gasteiger partial charge on any atom is -0.394 e. The largest absolute Gasteiger partial charge is 0.394 e. The summed E-state index contributed by atoms with van der Waals surface area (Å²) in [6.45, 7) is 1.68. The Morgan fingerprint density at radius 2 is 1.88 bits per heavy atom. The van der Waals surface area contributed by atoms with Gasteiger partial charge in [0, 0.05) is 0 Å². The topological polar surface area (TPSA) is 102 Å². The summed E-state index contributed by atoms with van der Waals surface area (Å²) in [6, 6.07) is -0.718. The third kappa shape index (κ3) is 2.91. The summed E-state index contributed by atoms with van der Waals surface area (Å²) in [6.07, 6.45) is -0.994. The van der Waals surface area contributed by atoms with Crippen LogP contribution in [0.5, 0.6) is 0 Å². The molecule has 1 aliphatic rings. The molecule has 0 aromatic heterocycles. The second kappa shape index (κ2) is 6.48. The van der Waals surface area contributed by atoms with E-state index in [2.05, 4.69) is 0 Å². The van der Waals surface area contributed by atoms with E-state index < -0.39 is 30.5 Å². The molecule has 5 N–H and O–H groups in total. The lowest BCUT2D eigenvalue weighted by Crippen LogP contribution is -2.62. The van der Waals surface area contributed by atoms with E-state index in [0.29, 0.717) is 6.42 Å². The van der Waals surface area contributed by atoms with Crippen molar-refractivity contribution >= 4 is 0 Å². The molecule has 5 atom stereocenters. The summed E-state index contributed by atoms with van der Waals surface area (Å²) in [5, 5.41) is 37.3. The van der Waals surface area contributed by atoms with Gasteiger partial charge >= 0.3 is 0 Å². The van der Waals surface area contributed by atoms with Gasteiger partial charge in [0.15, 0.2) is 0 Å². The second-order valence-electron chi connectivity index (χ2n) is 4.17. The van der Waals surface area contributed by atoms with Gasteiger partial charge in [-0.25, -0.2) is 0 Å². The highest BCUT2D eigenvalue weighted by Gasteiger charge is 2.43. The van der Waals surface area contributed by atoms with Crippen LogP contribution in [0.2, 0.25) is 0 Å². The van der Waals surface area contributed by atoms with E-state index in [4.69, 9.17) is 15.1 Å². The maximum Gasteiger partial charge on any atom is 0.110 e. The fraction of sp³-hybridized carbons (Fsp3) is 1.00. The summed E-state index contributed by atoms with van der Waals surface area (Å²) in [5.41, 5.74) is 1.97. The zero-order valence-electron chi connectivity index (χ0n) is 9.41. The van der Waals surface area contributed by atoms with Gasteiger partial charge in [0.05, 0.1) is 18.8 Å². The molecule has 0 aromatic carbocycles. The van der Waals surface area contributed by atoms with E-state index in [9.17, 15) is 10.2 Å². The zero-order valence-corrected chi connectivity index (χ0v) is 9.41. The highest BCUT2D eigenvalue weighted by molar-refractivity contribution is 4.94. The molecule has 0 saturated carbocycles. The number of hydrogen-bond acceptors (Lipinski definition) is 6. The predicted molar refractivity (Wildman–Crippen MR) is 56.0 cm³/mol. The molecule has 0 aromatic rings. The highest BCUT2D eigenvalue weighted by atomic mass is 16.5. The van der Waals surface area contributed by atoms with Crippen molar-refractivity contribution in [1.82, 2.24) is 5.48 Å². The van der Waals surface area contributed by atoms with Crippen LogP contribution in [0.3, 0.4) is 0 Å². The molecule has 6 nitrogen and oxygen atoms in total. The summed E-state index contributed by atoms with van der Waals surface area (Å²) in [5.74, 6) is 0. The molecule has 0 bridgehead atoms. The van der Waals surface area contributed by atoms with Crippen molar-refractivity contribution in [3.05, 3.63) is 0 Å². The van der Waals surface area contributed by atoms with Gasteiger partial charge in [-0.1, -0.05) is 19.8 Å². The molecule has 1 heterocycles. The van der Waals surface area contributed by atoms with Gasteiger partial charge in [0.25, 0.3) is 0 Å². The quantitative estimate of drug-likeness (QED) is 0.392. The van der Waals surface area contributed by atoms with Crippen LogP contribution in [0.15, 0.2) is 0 Å². The number of aliphatic hydroxyl groups excluding tert-OH is 3. The molecule has 0 aliphatic carbocycles. The van der Waals surface area contributed by atoms with E-state index in [0.717, 1.165) is 12.8 Å². The van der Waals surface area contributed by atoms with Crippen LogP contribution in [0.4, 0.5) is 0 Å². The van der Waals surface area contributed by atoms with E-state index in [1.165, 1.54) is 0 Å². The fourth-order valence-electron chi connectivity index (χ4n) is 2.01. The van der Waals surface area contributed by atoms with Crippen molar-refractivity contribution in [3.8, 4) is 0 Å². The number of ether oxygens (including phenoxy) is 1. The zero-order chi connectivity index (χ0) is 12.1. The first kappa shape index (κ1) is 13.8. The standard InChI is InChI=1S/C10H21NO5/c1-2-3-4-6-8(11-15)10(14)9(13)7(5-12)16-6/h6-15H,2-5H2,1H3. The van der Waals surface area contributed by atoms with Crippen LogP contribution in [-0.4, -0.2) is 57.6 Å². The van der Waals surface area contributed by atoms with Crippen molar-refractivity contribution in [1.29, 1.82) is 0 Å². The van der Waals surface area contributed by atoms with E-state index in [1.54, 1.807) is 0 Å². The van der Waals surface area contributed by atoms with Crippen molar-refractivity contribution < 1.29 is 25.3 Å². The molecule has 0 amide bonds. The Kier molecular flexibility index (Phi) is 5.60. The predicted octanol–water partition coefficient (Wildman–Crippen LogP) is -0.994. The van der Waals surface area contributed by atoms with Gasteiger partial charge in [-0.3, -0.25) is 0 Å². The maximum absolute atomic E-state index is 9.75. The fourth-order valence-corrected chi connectivity index (χ4v) is 2.01. The van der Waals surface area contributed by atoms with Gasteiger partial charge in [0.1, 0.15) is 18.3 Å². The third-order valence-corrected chi connectivity index (χ3v) is 3.02. The Labute approximate surface area is 94.8 Å². The lowest BCUT2D eigenvalue weighted by atomic mass is 9.91. The number of hydrogen-bond donors (Lipinski definition) is 5. The molecular weight excluding hydrogens is 214 g/mol. The third-order valence-electron chi connectivity index (χ3n) is 3.02. The van der Waals surface area contributed by atoms with Crippen LogP contribution in [0, 0.1) is 0 Å². The summed E-state index contributed by atoms with van der Waals surface area (Å²) in [7, 11) is 0. The van der Waals surface area contributed by atoms with Crippen molar-refractivity contribution in [2.75, 3.05) is 6.61 Å². The average molecular weight is 235 g/mol. The molecular formula is C10H21NO5. The molecule has 5 unspecified atom stereocenters. The van der Waals surface area contributed by atoms with E-state index in [1.807, 2.05) is 12.4 Å². The summed E-state index contributed by atoms with van der Waals surface area (Å²) in [4.78, 5) is 0. The molecule has 1 rings (SSSR count).